The molecule has 0 saturated carbocycles. The molecule has 0 unspecified atom stereocenters. The second kappa shape index (κ2) is 8.29. The average molecular weight is 243 g/mol. The van der Waals surface area contributed by atoms with Crippen LogP contribution in [0.25, 0.3) is 6.08 Å². The summed E-state index contributed by atoms with van der Waals surface area (Å²) in [6.45, 7) is 7.03. The summed E-state index contributed by atoms with van der Waals surface area (Å²) >= 11 is 0. The number of nitrogens with zero attached hydrogens (tertiary/aromatic N) is 1. The third-order valence-corrected chi connectivity index (χ3v) is 2.72. The van der Waals surface area contributed by atoms with Gasteiger partial charge in [-0.2, -0.15) is 0 Å². The molecule has 0 N–H and O–H groups in total. The van der Waals surface area contributed by atoms with Crippen LogP contribution in [-0.2, 0) is 4.79 Å². The summed E-state index contributed by atoms with van der Waals surface area (Å²) in [7, 11) is 0. The Morgan fingerprint density at radius 1 is 1.33 bits per heavy atom. The van der Waals surface area contributed by atoms with Gasteiger partial charge in [0.25, 0.3) is 0 Å². The number of amides is 1. The van der Waals surface area contributed by atoms with E-state index in [1.165, 1.54) is 5.56 Å². The van der Waals surface area contributed by atoms with Gasteiger partial charge in [0.1, 0.15) is 0 Å². The summed E-state index contributed by atoms with van der Waals surface area (Å²) in [4.78, 5) is 13.6. The lowest BCUT2D eigenvalue weighted by molar-refractivity contribution is -0.130. The number of rotatable bonds is 7. The van der Waals surface area contributed by atoms with Crippen molar-refractivity contribution in [3.63, 3.8) is 0 Å². The van der Waals surface area contributed by atoms with E-state index in [9.17, 15) is 4.79 Å². The molecule has 0 aromatic heterocycles. The van der Waals surface area contributed by atoms with Crippen molar-refractivity contribution in [2.24, 2.45) is 0 Å². The fourth-order valence-electron chi connectivity index (χ4n) is 1.71. The van der Waals surface area contributed by atoms with Gasteiger partial charge in [0.2, 0.25) is 5.91 Å². The van der Waals surface area contributed by atoms with Crippen molar-refractivity contribution in [1.82, 2.24) is 4.90 Å². The maximum atomic E-state index is 11.8. The zero-order valence-electron chi connectivity index (χ0n) is 11.0. The zero-order valence-corrected chi connectivity index (χ0v) is 11.0. The van der Waals surface area contributed by atoms with Crippen molar-refractivity contribution in [1.29, 1.82) is 0 Å². The van der Waals surface area contributed by atoms with Crippen molar-refractivity contribution in [3.05, 3.63) is 54.6 Å². The van der Waals surface area contributed by atoms with E-state index >= 15 is 0 Å². The molecule has 1 aromatic carbocycles. The standard InChI is InChI=1S/C16H21NO/c1-3-14-17(4-2)16(18)13-9-8-12-15-10-6-5-7-11-15/h3,5-8,10-12H,1,4,9,13-14H2,2H3/b12-8+. The van der Waals surface area contributed by atoms with Crippen LogP contribution in [0, 0.1) is 0 Å². The van der Waals surface area contributed by atoms with Gasteiger partial charge < -0.3 is 4.90 Å². The van der Waals surface area contributed by atoms with Gasteiger partial charge in [-0.3, -0.25) is 4.79 Å². The van der Waals surface area contributed by atoms with E-state index in [0.29, 0.717) is 13.0 Å². The van der Waals surface area contributed by atoms with Gasteiger partial charge in [-0.15, -0.1) is 6.58 Å². The molecule has 0 saturated heterocycles. The molecule has 96 valence electrons. The van der Waals surface area contributed by atoms with Crippen LogP contribution in [0.3, 0.4) is 0 Å². The first kappa shape index (κ1) is 14.2. The van der Waals surface area contributed by atoms with Crippen molar-refractivity contribution >= 4 is 12.0 Å². The number of carbonyl (C=O) groups is 1. The summed E-state index contributed by atoms with van der Waals surface area (Å²) in [6, 6.07) is 10.1. The summed E-state index contributed by atoms with van der Waals surface area (Å²) in [6.07, 6.45) is 7.21. The molecule has 0 aliphatic carbocycles. The maximum Gasteiger partial charge on any atom is 0.223 e. The highest BCUT2D eigenvalue weighted by Gasteiger charge is 2.07. The van der Waals surface area contributed by atoms with Crippen LogP contribution >= 0.6 is 0 Å². The number of allylic oxidation sites excluding steroid dienone is 1. The Morgan fingerprint density at radius 3 is 2.67 bits per heavy atom. The predicted octanol–water partition coefficient (Wildman–Crippen LogP) is 3.51. The Balaban J connectivity index is 2.35. The van der Waals surface area contributed by atoms with Gasteiger partial charge in [-0.25, -0.2) is 0 Å². The molecule has 1 amide bonds. The van der Waals surface area contributed by atoms with E-state index in [0.717, 1.165) is 13.0 Å². The molecule has 2 nitrogen and oxygen atoms in total. The Labute approximate surface area is 110 Å². The van der Waals surface area contributed by atoms with E-state index in [4.69, 9.17) is 0 Å². The molecule has 2 heteroatoms. The SMILES string of the molecule is C=CCN(CC)C(=O)CC/C=C/c1ccccc1. The number of benzene rings is 1. The first-order valence-electron chi connectivity index (χ1n) is 6.38. The largest absolute Gasteiger partial charge is 0.339 e. The van der Waals surface area contributed by atoms with Crippen LogP contribution in [0.2, 0.25) is 0 Å². The molecule has 1 rings (SSSR count). The number of carbonyl (C=O) groups excluding carboxylic acids is 1. The van der Waals surface area contributed by atoms with E-state index in [2.05, 4.69) is 18.7 Å². The molecule has 0 radical (unpaired) electrons. The fourth-order valence-corrected chi connectivity index (χ4v) is 1.71. The van der Waals surface area contributed by atoms with Gasteiger partial charge in [0, 0.05) is 19.5 Å². The molecule has 0 bridgehead atoms. The number of likely N-dealkylation sites (N-methyl/N-ethyl adjacent to an activating group) is 1. The van der Waals surface area contributed by atoms with Crippen molar-refractivity contribution in [2.75, 3.05) is 13.1 Å². The summed E-state index contributed by atoms with van der Waals surface area (Å²) in [5, 5.41) is 0. The molecular formula is C16H21NO. The third kappa shape index (κ3) is 5.00. The van der Waals surface area contributed by atoms with E-state index in [1.807, 2.05) is 42.2 Å². The van der Waals surface area contributed by atoms with Gasteiger partial charge in [-0.1, -0.05) is 48.6 Å². The normalized spacial score (nSPS) is 10.5. The lowest BCUT2D eigenvalue weighted by Gasteiger charge is -2.18. The molecule has 0 fully saturated rings. The smallest absolute Gasteiger partial charge is 0.223 e. The lowest BCUT2D eigenvalue weighted by Crippen LogP contribution is -2.30. The molecule has 0 aliphatic rings. The second-order valence-electron chi connectivity index (χ2n) is 4.07. The average Bonchev–Trinajstić information content (AvgIpc) is 2.42. The highest BCUT2D eigenvalue weighted by Crippen LogP contribution is 2.04. The van der Waals surface area contributed by atoms with Crippen LogP contribution in [0.15, 0.2) is 49.1 Å². The third-order valence-electron chi connectivity index (χ3n) is 2.72. The summed E-state index contributed by atoms with van der Waals surface area (Å²) in [5.41, 5.74) is 1.17. The Bertz CT molecular complexity index is 395. The Kier molecular flexibility index (Phi) is 6.55. The summed E-state index contributed by atoms with van der Waals surface area (Å²) in [5.74, 6) is 0.190. The molecule has 0 heterocycles. The Morgan fingerprint density at radius 2 is 2.06 bits per heavy atom. The van der Waals surface area contributed by atoms with Crippen molar-refractivity contribution < 1.29 is 4.79 Å². The highest BCUT2D eigenvalue weighted by molar-refractivity contribution is 5.76. The van der Waals surface area contributed by atoms with E-state index < -0.39 is 0 Å². The van der Waals surface area contributed by atoms with Gasteiger partial charge >= 0.3 is 0 Å². The summed E-state index contributed by atoms with van der Waals surface area (Å²) < 4.78 is 0. The van der Waals surface area contributed by atoms with E-state index in [1.54, 1.807) is 6.08 Å². The minimum atomic E-state index is 0.190. The predicted molar refractivity (Wildman–Crippen MR) is 77.2 cm³/mol. The minimum Gasteiger partial charge on any atom is -0.339 e. The van der Waals surface area contributed by atoms with Crippen LogP contribution in [0.5, 0.6) is 0 Å². The van der Waals surface area contributed by atoms with Crippen LogP contribution < -0.4 is 0 Å². The molecule has 0 aliphatic heterocycles. The highest BCUT2D eigenvalue weighted by atomic mass is 16.2. The van der Waals surface area contributed by atoms with Crippen molar-refractivity contribution in [3.8, 4) is 0 Å². The number of hydrogen-bond donors (Lipinski definition) is 0. The molecule has 1 aromatic rings. The fraction of sp³-hybridized carbons (Fsp3) is 0.312. The van der Waals surface area contributed by atoms with Crippen molar-refractivity contribution in [2.45, 2.75) is 19.8 Å². The minimum absolute atomic E-state index is 0.190. The van der Waals surface area contributed by atoms with Gasteiger partial charge in [0.05, 0.1) is 0 Å². The molecular weight excluding hydrogens is 222 g/mol. The molecule has 18 heavy (non-hydrogen) atoms. The van der Waals surface area contributed by atoms with Gasteiger partial charge in [-0.05, 0) is 18.9 Å². The van der Waals surface area contributed by atoms with Gasteiger partial charge in [0.15, 0.2) is 0 Å². The zero-order chi connectivity index (χ0) is 13.2. The van der Waals surface area contributed by atoms with Crippen LogP contribution in [0.1, 0.15) is 25.3 Å². The number of hydrogen-bond acceptors (Lipinski definition) is 1. The Hall–Kier alpha value is -1.83. The monoisotopic (exact) mass is 243 g/mol. The van der Waals surface area contributed by atoms with Crippen LogP contribution in [-0.4, -0.2) is 23.9 Å². The molecule has 0 atom stereocenters. The van der Waals surface area contributed by atoms with E-state index in [-0.39, 0.29) is 5.91 Å². The lowest BCUT2D eigenvalue weighted by atomic mass is 10.2. The second-order valence-corrected chi connectivity index (χ2v) is 4.07. The quantitative estimate of drug-likeness (QED) is 0.671. The topological polar surface area (TPSA) is 20.3 Å². The first-order chi connectivity index (χ1) is 8.77. The first-order valence-corrected chi connectivity index (χ1v) is 6.38. The van der Waals surface area contributed by atoms with Crippen LogP contribution in [0.4, 0.5) is 0 Å². The maximum absolute atomic E-state index is 11.8. The molecule has 0 spiro atoms.